The molecule has 0 saturated carbocycles. The highest BCUT2D eigenvalue weighted by atomic mass is 19.1. The van der Waals surface area contributed by atoms with E-state index in [0.717, 1.165) is 6.54 Å². The molecule has 0 rings (SSSR count). The molecule has 0 heterocycles. The third kappa shape index (κ3) is 21.9. The molecule has 2 heteroatoms. The molecule has 0 aromatic rings. The molecule has 0 aromatic heterocycles. The van der Waals surface area contributed by atoms with E-state index in [1.807, 2.05) is 0 Å². The second-order valence-electron chi connectivity index (χ2n) is 7.45. The molecular formula is C22H46FN. The lowest BCUT2D eigenvalue weighted by molar-refractivity contribution is 0.460. The molecule has 0 atom stereocenters. The van der Waals surface area contributed by atoms with Gasteiger partial charge in [0.05, 0.1) is 0 Å². The molecule has 0 amide bonds. The van der Waals surface area contributed by atoms with E-state index in [1.165, 1.54) is 116 Å². The Labute approximate surface area is 152 Å². The van der Waals surface area contributed by atoms with Crippen molar-refractivity contribution in [2.45, 2.75) is 122 Å². The van der Waals surface area contributed by atoms with E-state index in [4.69, 9.17) is 0 Å². The van der Waals surface area contributed by atoms with Crippen molar-refractivity contribution in [3.8, 4) is 0 Å². The largest absolute Gasteiger partial charge is 0.314 e. The highest BCUT2D eigenvalue weighted by Crippen LogP contribution is 2.14. The summed E-state index contributed by atoms with van der Waals surface area (Å²) in [6.45, 7) is 3.57. The van der Waals surface area contributed by atoms with E-state index in [2.05, 4.69) is 12.2 Å². The summed E-state index contributed by atoms with van der Waals surface area (Å²) in [6, 6.07) is 0. The van der Waals surface area contributed by atoms with Crippen molar-refractivity contribution < 1.29 is 4.39 Å². The zero-order chi connectivity index (χ0) is 17.6. The van der Waals surface area contributed by atoms with E-state index in [1.54, 1.807) is 0 Å². The summed E-state index contributed by atoms with van der Waals surface area (Å²) >= 11 is 0. The monoisotopic (exact) mass is 343 g/mol. The molecule has 1 N–H and O–H groups in total. The standard InChI is InChI=1S/C22H46FN/c1-2-3-4-5-6-7-8-9-10-11-12-13-14-15-16-17-18-19-21-24-22-20-23/h24H,2-22H2,1H3. The molecule has 0 saturated heterocycles. The number of hydrogen-bond acceptors (Lipinski definition) is 1. The minimum absolute atomic E-state index is 0.237. The summed E-state index contributed by atoms with van der Waals surface area (Å²) in [7, 11) is 0. The number of alkyl halides is 1. The first kappa shape index (κ1) is 23.9. The summed E-state index contributed by atoms with van der Waals surface area (Å²) < 4.78 is 11.9. The molecule has 0 aliphatic carbocycles. The third-order valence-electron chi connectivity index (χ3n) is 4.98. The van der Waals surface area contributed by atoms with Gasteiger partial charge in [-0.05, 0) is 13.0 Å². The van der Waals surface area contributed by atoms with Crippen LogP contribution in [-0.4, -0.2) is 19.8 Å². The normalized spacial score (nSPS) is 11.2. The molecule has 0 fully saturated rings. The van der Waals surface area contributed by atoms with Gasteiger partial charge in [-0.25, -0.2) is 4.39 Å². The van der Waals surface area contributed by atoms with Gasteiger partial charge in [-0.3, -0.25) is 0 Å². The molecule has 0 unspecified atom stereocenters. The maximum absolute atomic E-state index is 11.9. The van der Waals surface area contributed by atoms with Crippen LogP contribution >= 0.6 is 0 Å². The van der Waals surface area contributed by atoms with E-state index < -0.39 is 0 Å². The van der Waals surface area contributed by atoms with Crippen LogP contribution < -0.4 is 5.32 Å². The Hall–Kier alpha value is -0.110. The SMILES string of the molecule is CCCCCCCCCCCCCCCCCCCCNCCF. The van der Waals surface area contributed by atoms with Crippen molar-refractivity contribution in [1.29, 1.82) is 0 Å². The second kappa shape index (κ2) is 22.9. The number of nitrogens with one attached hydrogen (secondary N) is 1. The Morgan fingerprint density at radius 3 is 1.12 bits per heavy atom. The molecule has 1 nitrogen and oxygen atoms in total. The van der Waals surface area contributed by atoms with Crippen LogP contribution in [0.2, 0.25) is 0 Å². The van der Waals surface area contributed by atoms with Crippen LogP contribution in [0.25, 0.3) is 0 Å². The molecule has 0 spiro atoms. The van der Waals surface area contributed by atoms with Gasteiger partial charge in [-0.15, -0.1) is 0 Å². The van der Waals surface area contributed by atoms with Crippen LogP contribution in [0.5, 0.6) is 0 Å². The van der Waals surface area contributed by atoms with Gasteiger partial charge in [0, 0.05) is 6.54 Å². The van der Waals surface area contributed by atoms with Crippen molar-refractivity contribution >= 4 is 0 Å². The minimum atomic E-state index is -0.237. The van der Waals surface area contributed by atoms with Crippen LogP contribution in [0, 0.1) is 0 Å². The van der Waals surface area contributed by atoms with Gasteiger partial charge in [0.15, 0.2) is 0 Å². The molecule has 0 radical (unpaired) electrons. The van der Waals surface area contributed by atoms with Gasteiger partial charge in [0.25, 0.3) is 0 Å². The Bertz CT molecular complexity index is 186. The van der Waals surface area contributed by atoms with E-state index in [9.17, 15) is 4.39 Å². The predicted molar refractivity (Wildman–Crippen MR) is 108 cm³/mol. The van der Waals surface area contributed by atoms with E-state index >= 15 is 0 Å². The van der Waals surface area contributed by atoms with Gasteiger partial charge in [-0.2, -0.15) is 0 Å². The Morgan fingerprint density at radius 1 is 0.458 bits per heavy atom. The van der Waals surface area contributed by atoms with Gasteiger partial charge < -0.3 is 5.32 Å². The Morgan fingerprint density at radius 2 is 0.792 bits per heavy atom. The first-order valence-electron chi connectivity index (χ1n) is 11.2. The lowest BCUT2D eigenvalue weighted by Gasteiger charge is -2.04. The third-order valence-corrected chi connectivity index (χ3v) is 4.98. The zero-order valence-electron chi connectivity index (χ0n) is 16.7. The van der Waals surface area contributed by atoms with Crippen molar-refractivity contribution in [2.75, 3.05) is 19.8 Å². The van der Waals surface area contributed by atoms with Crippen molar-refractivity contribution in [2.24, 2.45) is 0 Å². The van der Waals surface area contributed by atoms with Crippen LogP contribution in [0.15, 0.2) is 0 Å². The summed E-state index contributed by atoms with van der Waals surface area (Å²) in [5, 5.41) is 3.11. The number of hydrogen-bond donors (Lipinski definition) is 1. The molecule has 0 aromatic carbocycles. The van der Waals surface area contributed by atoms with Crippen LogP contribution in [0.4, 0.5) is 4.39 Å². The molecule has 0 aliphatic rings. The van der Waals surface area contributed by atoms with Crippen LogP contribution in [-0.2, 0) is 0 Å². The van der Waals surface area contributed by atoms with Gasteiger partial charge in [0.1, 0.15) is 6.67 Å². The maximum Gasteiger partial charge on any atom is 0.102 e. The average Bonchev–Trinajstić information content (AvgIpc) is 2.60. The predicted octanol–water partition coefficient (Wildman–Crippen LogP) is 7.59. The first-order chi connectivity index (χ1) is 11.9. The van der Waals surface area contributed by atoms with Crippen molar-refractivity contribution in [1.82, 2.24) is 5.32 Å². The number of rotatable bonds is 21. The van der Waals surface area contributed by atoms with Crippen LogP contribution in [0.3, 0.4) is 0 Å². The second-order valence-corrected chi connectivity index (χ2v) is 7.45. The topological polar surface area (TPSA) is 12.0 Å². The smallest absolute Gasteiger partial charge is 0.102 e. The number of unbranched alkanes of at least 4 members (excludes halogenated alkanes) is 17. The highest BCUT2D eigenvalue weighted by molar-refractivity contribution is 4.51. The average molecular weight is 344 g/mol. The van der Waals surface area contributed by atoms with Gasteiger partial charge >= 0.3 is 0 Å². The molecule has 0 aliphatic heterocycles. The quantitative estimate of drug-likeness (QED) is 0.212. The van der Waals surface area contributed by atoms with E-state index in [0.29, 0.717) is 6.54 Å². The highest BCUT2D eigenvalue weighted by Gasteiger charge is 1.95. The lowest BCUT2D eigenvalue weighted by atomic mass is 10.0. The minimum Gasteiger partial charge on any atom is -0.314 e. The molecule has 0 bridgehead atoms. The Balaban J connectivity index is 2.93. The van der Waals surface area contributed by atoms with Gasteiger partial charge in [0.2, 0.25) is 0 Å². The molecule has 24 heavy (non-hydrogen) atoms. The van der Waals surface area contributed by atoms with Crippen molar-refractivity contribution in [3.05, 3.63) is 0 Å². The lowest BCUT2D eigenvalue weighted by Crippen LogP contribution is -2.17. The van der Waals surface area contributed by atoms with Gasteiger partial charge in [-0.1, -0.05) is 116 Å². The van der Waals surface area contributed by atoms with Crippen LogP contribution in [0.1, 0.15) is 122 Å². The summed E-state index contributed by atoms with van der Waals surface area (Å²) in [5.41, 5.74) is 0. The fourth-order valence-corrected chi connectivity index (χ4v) is 3.34. The van der Waals surface area contributed by atoms with Crippen molar-refractivity contribution in [3.63, 3.8) is 0 Å². The fourth-order valence-electron chi connectivity index (χ4n) is 3.34. The molecular weight excluding hydrogens is 297 g/mol. The maximum atomic E-state index is 11.9. The summed E-state index contributed by atoms with van der Waals surface area (Å²) in [4.78, 5) is 0. The summed E-state index contributed by atoms with van der Waals surface area (Å²) in [6.07, 6.45) is 25.5. The summed E-state index contributed by atoms with van der Waals surface area (Å²) in [5.74, 6) is 0. The number of halogens is 1. The fraction of sp³-hybridized carbons (Fsp3) is 1.00. The Kier molecular flexibility index (Phi) is 22.8. The molecule has 146 valence electrons. The first-order valence-corrected chi connectivity index (χ1v) is 11.2. The van der Waals surface area contributed by atoms with E-state index in [-0.39, 0.29) is 6.67 Å². The zero-order valence-corrected chi connectivity index (χ0v) is 16.7.